The molecule has 11 heteroatoms. The fourth-order valence-electron chi connectivity index (χ4n) is 4.06. The molecule has 3 aromatic heterocycles. The van der Waals surface area contributed by atoms with Crippen molar-refractivity contribution in [2.75, 3.05) is 31.1 Å². The van der Waals surface area contributed by atoms with Gasteiger partial charge in [-0.25, -0.2) is 9.37 Å². The summed E-state index contributed by atoms with van der Waals surface area (Å²) < 4.78 is 61.6. The van der Waals surface area contributed by atoms with E-state index in [9.17, 15) is 22.4 Å². The first-order valence-corrected chi connectivity index (χ1v) is 10.7. The number of furan rings is 1. The van der Waals surface area contributed by atoms with Crippen molar-refractivity contribution in [1.29, 1.82) is 0 Å². The highest BCUT2D eigenvalue weighted by Crippen LogP contribution is 2.37. The van der Waals surface area contributed by atoms with Crippen molar-refractivity contribution >= 4 is 28.8 Å². The average molecular weight is 493 g/mol. The Balaban J connectivity index is 1.47. The van der Waals surface area contributed by atoms with Crippen LogP contribution in [0.4, 0.5) is 23.2 Å². The number of anilines is 1. The Morgan fingerprint density at radius 1 is 1.06 bits per heavy atom. The van der Waals surface area contributed by atoms with Crippen molar-refractivity contribution in [3.63, 3.8) is 0 Å². The predicted molar refractivity (Wildman–Crippen MR) is 117 cm³/mol. The summed E-state index contributed by atoms with van der Waals surface area (Å²) in [6.07, 6.45) is -0.676. The lowest BCUT2D eigenvalue weighted by atomic mass is 10.1. The molecule has 1 aliphatic rings. The normalized spacial score (nSPS) is 14.7. The SMILES string of the molecule is O=C(c1nc2c(C(F)(F)F)cc(-c3ccoc3)cn2c1Cl)N1CCN(c2ccccc2F)CC1. The first-order valence-electron chi connectivity index (χ1n) is 10.3. The maximum absolute atomic E-state index is 14.1. The van der Waals surface area contributed by atoms with Crippen LogP contribution >= 0.6 is 11.6 Å². The molecule has 0 aliphatic carbocycles. The Hall–Kier alpha value is -3.53. The molecule has 0 bridgehead atoms. The van der Waals surface area contributed by atoms with Crippen molar-refractivity contribution in [3.8, 4) is 11.1 Å². The predicted octanol–water partition coefficient (Wildman–Crippen LogP) is 5.37. The van der Waals surface area contributed by atoms with Crippen LogP contribution in [0.15, 0.2) is 59.5 Å². The number of rotatable bonds is 3. The number of benzene rings is 1. The van der Waals surface area contributed by atoms with Crippen LogP contribution in [0.3, 0.4) is 0 Å². The molecule has 0 radical (unpaired) electrons. The average Bonchev–Trinajstić information content (AvgIpc) is 3.47. The van der Waals surface area contributed by atoms with Gasteiger partial charge in [0.15, 0.2) is 11.3 Å². The van der Waals surface area contributed by atoms with Gasteiger partial charge in [-0.2, -0.15) is 13.2 Å². The molecule has 1 saturated heterocycles. The number of amides is 1. The second kappa shape index (κ2) is 8.35. The minimum atomic E-state index is -4.72. The van der Waals surface area contributed by atoms with Crippen LogP contribution in [0.1, 0.15) is 16.1 Å². The number of carbonyl (C=O) groups excluding carboxylic acids is 1. The van der Waals surface area contributed by atoms with E-state index >= 15 is 0 Å². The van der Waals surface area contributed by atoms with Crippen molar-refractivity contribution in [2.45, 2.75) is 6.18 Å². The van der Waals surface area contributed by atoms with Gasteiger partial charge in [-0.3, -0.25) is 9.20 Å². The summed E-state index contributed by atoms with van der Waals surface area (Å²) in [5.74, 6) is -0.946. The molecular formula is C23H17ClF4N4O2. The van der Waals surface area contributed by atoms with Gasteiger partial charge in [0.25, 0.3) is 5.91 Å². The molecule has 5 rings (SSSR count). The molecule has 4 aromatic rings. The zero-order chi connectivity index (χ0) is 24.0. The van der Waals surface area contributed by atoms with Gasteiger partial charge < -0.3 is 14.2 Å². The van der Waals surface area contributed by atoms with Crippen molar-refractivity contribution in [3.05, 3.63) is 77.3 Å². The number of aromatic nitrogens is 2. The number of alkyl halides is 3. The van der Waals surface area contributed by atoms with Gasteiger partial charge in [0, 0.05) is 43.5 Å². The first-order chi connectivity index (χ1) is 16.2. The fourth-order valence-corrected chi connectivity index (χ4v) is 4.31. The van der Waals surface area contributed by atoms with Gasteiger partial charge in [0.2, 0.25) is 0 Å². The molecule has 1 fully saturated rings. The van der Waals surface area contributed by atoms with Crippen LogP contribution in [-0.2, 0) is 6.18 Å². The highest BCUT2D eigenvalue weighted by atomic mass is 35.5. The third-order valence-corrected chi connectivity index (χ3v) is 6.15. The molecule has 34 heavy (non-hydrogen) atoms. The maximum atomic E-state index is 14.1. The number of piperazine rings is 1. The Labute approximate surface area is 196 Å². The van der Waals surface area contributed by atoms with Crippen LogP contribution < -0.4 is 4.90 Å². The van der Waals surface area contributed by atoms with Crippen molar-refractivity contribution in [1.82, 2.24) is 14.3 Å². The van der Waals surface area contributed by atoms with E-state index in [2.05, 4.69) is 4.98 Å². The molecule has 0 saturated carbocycles. The van der Waals surface area contributed by atoms with E-state index in [1.165, 1.54) is 35.8 Å². The van der Waals surface area contributed by atoms with E-state index < -0.39 is 23.3 Å². The lowest BCUT2D eigenvalue weighted by Crippen LogP contribution is -2.49. The summed E-state index contributed by atoms with van der Waals surface area (Å²) >= 11 is 6.37. The Morgan fingerprint density at radius 3 is 2.44 bits per heavy atom. The summed E-state index contributed by atoms with van der Waals surface area (Å²) in [5.41, 5.74) is -0.674. The molecule has 6 nitrogen and oxygen atoms in total. The summed E-state index contributed by atoms with van der Waals surface area (Å²) in [4.78, 5) is 20.4. The van der Waals surface area contributed by atoms with Crippen molar-refractivity contribution < 1.29 is 26.8 Å². The van der Waals surface area contributed by atoms with E-state index in [-0.39, 0.29) is 35.3 Å². The molecule has 1 aromatic carbocycles. The summed E-state index contributed by atoms with van der Waals surface area (Å²) in [6, 6.07) is 8.80. The molecule has 0 atom stereocenters. The molecular weight excluding hydrogens is 476 g/mol. The zero-order valence-corrected chi connectivity index (χ0v) is 18.3. The maximum Gasteiger partial charge on any atom is 0.420 e. The Morgan fingerprint density at radius 2 is 1.79 bits per heavy atom. The number of fused-ring (bicyclic) bond motifs is 1. The number of carbonyl (C=O) groups is 1. The molecule has 1 amide bonds. The van der Waals surface area contributed by atoms with Gasteiger partial charge in [0.05, 0.1) is 23.8 Å². The number of hydrogen-bond acceptors (Lipinski definition) is 4. The minimum Gasteiger partial charge on any atom is -0.472 e. The number of imidazole rings is 1. The fraction of sp³-hybridized carbons (Fsp3) is 0.217. The zero-order valence-electron chi connectivity index (χ0n) is 17.5. The van der Waals surface area contributed by atoms with Gasteiger partial charge in [-0.1, -0.05) is 23.7 Å². The van der Waals surface area contributed by atoms with Gasteiger partial charge in [0.1, 0.15) is 11.0 Å². The van der Waals surface area contributed by atoms with E-state index in [1.54, 1.807) is 18.2 Å². The number of hydrogen-bond donors (Lipinski definition) is 0. The molecule has 4 heterocycles. The largest absolute Gasteiger partial charge is 0.472 e. The van der Waals surface area contributed by atoms with E-state index in [4.69, 9.17) is 16.0 Å². The second-order valence-corrected chi connectivity index (χ2v) is 8.19. The monoisotopic (exact) mass is 492 g/mol. The molecule has 176 valence electrons. The summed E-state index contributed by atoms with van der Waals surface area (Å²) in [6.45, 7) is 1.19. The van der Waals surface area contributed by atoms with Crippen molar-refractivity contribution in [2.24, 2.45) is 0 Å². The highest BCUT2D eigenvalue weighted by molar-refractivity contribution is 6.33. The van der Waals surface area contributed by atoms with Crippen LogP contribution in [0.2, 0.25) is 5.15 Å². The molecule has 0 spiro atoms. The smallest absolute Gasteiger partial charge is 0.420 e. The van der Waals surface area contributed by atoms with Gasteiger partial charge in [-0.05, 0) is 24.3 Å². The van der Waals surface area contributed by atoms with Crippen LogP contribution in [0.25, 0.3) is 16.8 Å². The van der Waals surface area contributed by atoms with E-state index in [0.29, 0.717) is 24.3 Å². The summed E-state index contributed by atoms with van der Waals surface area (Å²) in [7, 11) is 0. The number of halogens is 5. The third-order valence-electron chi connectivity index (χ3n) is 5.78. The second-order valence-electron chi connectivity index (χ2n) is 7.83. The van der Waals surface area contributed by atoms with Crippen LogP contribution in [-0.4, -0.2) is 46.4 Å². The third kappa shape index (κ3) is 3.87. The topological polar surface area (TPSA) is 54.0 Å². The molecule has 0 N–H and O–H groups in total. The number of pyridine rings is 1. The van der Waals surface area contributed by atoms with Gasteiger partial charge in [-0.15, -0.1) is 0 Å². The van der Waals surface area contributed by atoms with Gasteiger partial charge >= 0.3 is 6.18 Å². The number of nitrogens with zero attached hydrogens (tertiary/aromatic N) is 4. The van der Waals surface area contributed by atoms with E-state index in [1.807, 2.05) is 4.90 Å². The minimum absolute atomic E-state index is 0.213. The lowest BCUT2D eigenvalue weighted by molar-refractivity contribution is -0.136. The Kier molecular flexibility index (Phi) is 5.47. The van der Waals surface area contributed by atoms with Crippen LogP contribution in [0, 0.1) is 5.82 Å². The molecule has 0 unspecified atom stereocenters. The first kappa shape index (κ1) is 22.3. The Bertz CT molecular complexity index is 1360. The van der Waals surface area contributed by atoms with Crippen LogP contribution in [0.5, 0.6) is 0 Å². The lowest BCUT2D eigenvalue weighted by Gasteiger charge is -2.36. The molecule has 1 aliphatic heterocycles. The summed E-state index contributed by atoms with van der Waals surface area (Å²) in [5, 5.41) is -0.215. The number of para-hydroxylation sites is 1. The van der Waals surface area contributed by atoms with E-state index in [0.717, 1.165) is 10.5 Å². The quantitative estimate of drug-likeness (QED) is 0.361. The highest BCUT2D eigenvalue weighted by Gasteiger charge is 2.37. The standard InChI is InChI=1S/C23H17ClF4N4O2/c24-20-19(22(33)31-8-6-30(7-9-31)18-4-2-1-3-17(18)25)29-21-16(23(26,27)28)11-15(12-32(20)21)14-5-10-34-13-14/h1-5,10-13H,6-9H2.